The average Bonchev–Trinajstić information content (AvgIpc) is 3.28. The highest BCUT2D eigenvalue weighted by Crippen LogP contribution is 2.21. The highest BCUT2D eigenvalue weighted by atomic mass is 79.9. The van der Waals surface area contributed by atoms with Crippen molar-refractivity contribution in [2.24, 2.45) is 0 Å². The van der Waals surface area contributed by atoms with Crippen LogP contribution in [0.3, 0.4) is 0 Å². The van der Waals surface area contributed by atoms with E-state index in [2.05, 4.69) is 51.6 Å². The van der Waals surface area contributed by atoms with Gasteiger partial charge in [0.2, 0.25) is 11.9 Å². The van der Waals surface area contributed by atoms with Gasteiger partial charge in [-0.2, -0.15) is 19.6 Å². The molecule has 0 radical (unpaired) electrons. The Hall–Kier alpha value is -2.72. The highest BCUT2D eigenvalue weighted by Gasteiger charge is 2.18. The van der Waals surface area contributed by atoms with Crippen LogP contribution in [0.5, 0.6) is 0 Å². The number of imidazole rings is 1. The summed E-state index contributed by atoms with van der Waals surface area (Å²) in [5, 5.41) is 10.9. The van der Waals surface area contributed by atoms with Gasteiger partial charge >= 0.3 is 0 Å². The van der Waals surface area contributed by atoms with Gasteiger partial charge in [-0.25, -0.2) is 4.98 Å². The molecular formula is C18H21BrN8O. The fourth-order valence-corrected chi connectivity index (χ4v) is 3.01. The molecule has 0 spiro atoms. The monoisotopic (exact) mass is 444 g/mol. The van der Waals surface area contributed by atoms with Crippen molar-refractivity contribution in [3.05, 3.63) is 40.8 Å². The molecule has 0 bridgehead atoms. The number of anilines is 2. The topological polar surface area (TPSA) is 105 Å². The van der Waals surface area contributed by atoms with Gasteiger partial charge in [0.1, 0.15) is 5.82 Å². The van der Waals surface area contributed by atoms with Crippen LogP contribution in [0.4, 0.5) is 11.9 Å². The van der Waals surface area contributed by atoms with E-state index in [0.29, 0.717) is 30.6 Å². The minimum Gasteiger partial charge on any atom is -0.377 e. The van der Waals surface area contributed by atoms with Gasteiger partial charge < -0.3 is 20.4 Å². The molecule has 0 fully saturated rings. The van der Waals surface area contributed by atoms with Crippen LogP contribution in [0.15, 0.2) is 34.9 Å². The summed E-state index contributed by atoms with van der Waals surface area (Å²) in [7, 11) is 1.68. The SMILES string of the molecule is COC(C)(C)CNc1nc(NCc2nc3ccccc3[nH]2)n2ncc(Br)c2n1. The van der Waals surface area contributed by atoms with Crippen LogP contribution < -0.4 is 10.6 Å². The van der Waals surface area contributed by atoms with Crippen LogP contribution in [0, 0.1) is 0 Å². The van der Waals surface area contributed by atoms with Gasteiger partial charge in [0.25, 0.3) is 0 Å². The predicted octanol–water partition coefficient (Wildman–Crippen LogP) is 3.21. The molecule has 0 aliphatic heterocycles. The van der Waals surface area contributed by atoms with E-state index in [4.69, 9.17) is 4.74 Å². The third-order valence-corrected chi connectivity index (χ3v) is 4.96. The number of nitrogens with one attached hydrogen (secondary N) is 3. The summed E-state index contributed by atoms with van der Waals surface area (Å²) < 4.78 is 7.89. The number of hydrogen-bond donors (Lipinski definition) is 3. The Morgan fingerprint density at radius 3 is 2.79 bits per heavy atom. The zero-order chi connectivity index (χ0) is 19.7. The molecule has 4 rings (SSSR count). The van der Waals surface area contributed by atoms with E-state index in [-0.39, 0.29) is 5.60 Å². The smallest absolute Gasteiger partial charge is 0.229 e. The molecule has 0 atom stereocenters. The largest absolute Gasteiger partial charge is 0.377 e. The first-order valence-corrected chi connectivity index (χ1v) is 9.62. The van der Waals surface area contributed by atoms with Crippen molar-refractivity contribution in [1.82, 2.24) is 29.5 Å². The molecule has 3 N–H and O–H groups in total. The number of H-pyrrole nitrogens is 1. The first-order valence-electron chi connectivity index (χ1n) is 8.83. The molecule has 4 aromatic rings. The summed E-state index contributed by atoms with van der Waals surface area (Å²) in [4.78, 5) is 17.0. The third kappa shape index (κ3) is 3.78. The Kier molecular flexibility index (Phi) is 4.90. The molecule has 0 saturated heterocycles. The lowest BCUT2D eigenvalue weighted by atomic mass is 10.1. The zero-order valence-electron chi connectivity index (χ0n) is 15.8. The normalized spacial score (nSPS) is 12.0. The molecule has 0 saturated carbocycles. The molecule has 28 heavy (non-hydrogen) atoms. The number of hydrogen-bond acceptors (Lipinski definition) is 7. The molecule has 9 nitrogen and oxygen atoms in total. The quantitative estimate of drug-likeness (QED) is 0.401. The molecule has 1 aromatic carbocycles. The van der Waals surface area contributed by atoms with Gasteiger partial charge in [-0.05, 0) is 41.9 Å². The fourth-order valence-electron chi connectivity index (χ4n) is 2.66. The van der Waals surface area contributed by atoms with E-state index >= 15 is 0 Å². The van der Waals surface area contributed by atoms with Gasteiger partial charge in [-0.15, -0.1) is 0 Å². The minimum absolute atomic E-state index is 0.338. The van der Waals surface area contributed by atoms with Crippen molar-refractivity contribution in [3.8, 4) is 0 Å². The van der Waals surface area contributed by atoms with E-state index in [9.17, 15) is 0 Å². The number of aromatic amines is 1. The van der Waals surface area contributed by atoms with E-state index in [1.54, 1.807) is 17.8 Å². The van der Waals surface area contributed by atoms with Gasteiger partial charge in [0.15, 0.2) is 5.65 Å². The zero-order valence-corrected chi connectivity index (χ0v) is 17.4. The first-order chi connectivity index (χ1) is 13.4. The van der Waals surface area contributed by atoms with Crippen molar-refractivity contribution < 1.29 is 4.74 Å². The Morgan fingerprint density at radius 2 is 2.00 bits per heavy atom. The number of fused-ring (bicyclic) bond motifs is 2. The minimum atomic E-state index is -0.338. The summed E-state index contributed by atoms with van der Waals surface area (Å²) in [6.45, 7) is 5.03. The maximum absolute atomic E-state index is 5.45. The molecule has 0 unspecified atom stereocenters. The summed E-state index contributed by atoms with van der Waals surface area (Å²) in [6.07, 6.45) is 1.69. The van der Waals surface area contributed by atoms with Crippen LogP contribution in [0.1, 0.15) is 19.7 Å². The number of nitrogens with zero attached hydrogens (tertiary/aromatic N) is 5. The van der Waals surface area contributed by atoms with Gasteiger partial charge in [0, 0.05) is 13.7 Å². The number of para-hydroxylation sites is 2. The number of aromatic nitrogens is 6. The summed E-state index contributed by atoms with van der Waals surface area (Å²) in [5.74, 6) is 1.87. The van der Waals surface area contributed by atoms with Crippen LogP contribution in [-0.2, 0) is 11.3 Å². The third-order valence-electron chi connectivity index (χ3n) is 4.40. The second-order valence-electron chi connectivity index (χ2n) is 6.97. The Morgan fingerprint density at radius 1 is 1.18 bits per heavy atom. The van der Waals surface area contributed by atoms with Gasteiger partial charge in [-0.3, -0.25) is 0 Å². The molecule has 3 aromatic heterocycles. The number of rotatable bonds is 7. The van der Waals surface area contributed by atoms with Crippen LogP contribution in [0.25, 0.3) is 16.7 Å². The van der Waals surface area contributed by atoms with Gasteiger partial charge in [0.05, 0.1) is 33.8 Å². The number of halogens is 1. The Balaban J connectivity index is 1.59. The van der Waals surface area contributed by atoms with Crippen molar-refractivity contribution in [2.45, 2.75) is 26.0 Å². The van der Waals surface area contributed by atoms with E-state index in [1.807, 2.05) is 38.1 Å². The maximum atomic E-state index is 5.45. The molecule has 0 aliphatic carbocycles. The fraction of sp³-hybridized carbons (Fsp3) is 0.333. The lowest BCUT2D eigenvalue weighted by Crippen LogP contribution is -2.32. The summed E-state index contributed by atoms with van der Waals surface area (Å²) in [5.41, 5.74) is 2.26. The second kappa shape index (κ2) is 7.36. The predicted molar refractivity (Wildman–Crippen MR) is 111 cm³/mol. The average molecular weight is 445 g/mol. The molecule has 146 valence electrons. The first kappa shape index (κ1) is 18.6. The maximum Gasteiger partial charge on any atom is 0.229 e. The highest BCUT2D eigenvalue weighted by molar-refractivity contribution is 9.10. The molecule has 10 heteroatoms. The standard InChI is InChI=1S/C18H21BrN8O/c1-18(2,28-3)10-21-16-25-15-11(19)8-22-27(15)17(26-16)20-9-14-23-12-6-4-5-7-13(12)24-14/h4-8H,9-10H2,1-3H3,(H,23,24)(H2,20,21,25,26). The van der Waals surface area contributed by atoms with E-state index in [1.165, 1.54) is 0 Å². The second-order valence-corrected chi connectivity index (χ2v) is 7.82. The Bertz CT molecular complexity index is 1090. The molecule has 0 aliphatic rings. The van der Waals surface area contributed by atoms with E-state index in [0.717, 1.165) is 21.3 Å². The summed E-state index contributed by atoms with van der Waals surface area (Å²) >= 11 is 3.49. The number of ether oxygens (including phenoxy) is 1. The van der Waals surface area contributed by atoms with Crippen molar-refractivity contribution >= 4 is 44.5 Å². The molecule has 0 amide bonds. The lowest BCUT2D eigenvalue weighted by Gasteiger charge is -2.23. The number of benzene rings is 1. The van der Waals surface area contributed by atoms with Crippen molar-refractivity contribution in [2.75, 3.05) is 24.3 Å². The molecule has 3 heterocycles. The van der Waals surface area contributed by atoms with Gasteiger partial charge in [-0.1, -0.05) is 12.1 Å². The van der Waals surface area contributed by atoms with Crippen LogP contribution >= 0.6 is 15.9 Å². The van der Waals surface area contributed by atoms with E-state index < -0.39 is 0 Å². The van der Waals surface area contributed by atoms with Crippen LogP contribution in [0.2, 0.25) is 0 Å². The van der Waals surface area contributed by atoms with Crippen LogP contribution in [-0.4, -0.2) is 48.8 Å². The molecular weight excluding hydrogens is 424 g/mol. The number of methoxy groups -OCH3 is 1. The summed E-state index contributed by atoms with van der Waals surface area (Å²) in [6, 6.07) is 7.92. The van der Waals surface area contributed by atoms with Crippen molar-refractivity contribution in [1.29, 1.82) is 0 Å². The lowest BCUT2D eigenvalue weighted by molar-refractivity contribution is 0.0342. The van der Waals surface area contributed by atoms with Crippen molar-refractivity contribution in [3.63, 3.8) is 0 Å². The Labute approximate surface area is 170 Å².